The van der Waals surface area contributed by atoms with E-state index in [4.69, 9.17) is 9.15 Å². The largest absolute Gasteiger partial charge is 0.465 e. The van der Waals surface area contributed by atoms with Gasteiger partial charge in [-0.2, -0.15) is 0 Å². The number of carbonyl (C=O) groups is 2. The van der Waals surface area contributed by atoms with Gasteiger partial charge in [0, 0.05) is 5.56 Å². The third-order valence-electron chi connectivity index (χ3n) is 2.57. The van der Waals surface area contributed by atoms with Gasteiger partial charge in [-0.25, -0.2) is 4.39 Å². The number of amides is 1. The van der Waals surface area contributed by atoms with Crippen LogP contribution in [0.4, 0.5) is 4.39 Å². The monoisotopic (exact) mass is 339 g/mol. The Balaban J connectivity index is 1.81. The third kappa shape index (κ3) is 5.37. The molecule has 1 aromatic heterocycles. The van der Waals surface area contributed by atoms with E-state index in [2.05, 4.69) is 15.5 Å². The van der Waals surface area contributed by atoms with Crippen LogP contribution in [0.1, 0.15) is 23.2 Å². The normalized spacial score (nSPS) is 10.3. The topological polar surface area (TPSA) is 94.3 Å². The van der Waals surface area contributed by atoms with Crippen LogP contribution in [0.15, 0.2) is 33.9 Å². The summed E-state index contributed by atoms with van der Waals surface area (Å²) < 4.78 is 22.8. The van der Waals surface area contributed by atoms with Crippen LogP contribution in [0.25, 0.3) is 0 Å². The molecule has 0 atom stereocenters. The molecule has 7 nitrogen and oxygen atoms in total. The molecule has 1 amide bonds. The maximum absolute atomic E-state index is 12.8. The Bertz CT molecular complexity index is 675. The highest BCUT2D eigenvalue weighted by molar-refractivity contribution is 7.99. The SMILES string of the molecule is CCOC(=O)CSc1nnc(CNC(=O)c2ccc(F)cc2)o1. The van der Waals surface area contributed by atoms with E-state index < -0.39 is 5.82 Å². The van der Waals surface area contributed by atoms with Gasteiger partial charge in [-0.15, -0.1) is 10.2 Å². The zero-order valence-electron chi connectivity index (χ0n) is 12.2. The summed E-state index contributed by atoms with van der Waals surface area (Å²) in [5.74, 6) is -0.906. The van der Waals surface area contributed by atoms with Crippen LogP contribution >= 0.6 is 11.8 Å². The molecule has 9 heteroatoms. The maximum atomic E-state index is 12.8. The minimum absolute atomic E-state index is 0.0309. The van der Waals surface area contributed by atoms with Crippen molar-refractivity contribution < 1.29 is 23.1 Å². The Morgan fingerprint density at radius 2 is 2.04 bits per heavy atom. The van der Waals surface area contributed by atoms with Crippen molar-refractivity contribution in [3.05, 3.63) is 41.5 Å². The zero-order chi connectivity index (χ0) is 16.7. The molecular formula is C14H14FN3O4S. The highest BCUT2D eigenvalue weighted by Gasteiger charge is 2.12. The lowest BCUT2D eigenvalue weighted by atomic mass is 10.2. The van der Waals surface area contributed by atoms with Gasteiger partial charge in [0.1, 0.15) is 11.6 Å². The lowest BCUT2D eigenvalue weighted by molar-refractivity contribution is -0.139. The lowest BCUT2D eigenvalue weighted by Crippen LogP contribution is -2.22. The molecule has 0 unspecified atom stereocenters. The van der Waals surface area contributed by atoms with Crippen LogP contribution in [0.5, 0.6) is 0 Å². The predicted molar refractivity (Wildman–Crippen MR) is 79.2 cm³/mol. The number of hydrogen-bond acceptors (Lipinski definition) is 7. The predicted octanol–water partition coefficient (Wildman–Crippen LogP) is 1.79. The Morgan fingerprint density at radius 3 is 2.74 bits per heavy atom. The minimum atomic E-state index is -0.415. The van der Waals surface area contributed by atoms with Gasteiger partial charge in [-0.3, -0.25) is 9.59 Å². The summed E-state index contributed by atoms with van der Waals surface area (Å²) in [5.41, 5.74) is 0.322. The van der Waals surface area contributed by atoms with Gasteiger partial charge in [0.05, 0.1) is 13.2 Å². The molecule has 0 aliphatic rings. The van der Waals surface area contributed by atoms with Gasteiger partial charge in [0.15, 0.2) is 0 Å². The Morgan fingerprint density at radius 1 is 1.30 bits per heavy atom. The fourth-order valence-corrected chi connectivity index (χ4v) is 2.13. The first-order valence-electron chi connectivity index (χ1n) is 6.73. The van der Waals surface area contributed by atoms with Gasteiger partial charge in [0.2, 0.25) is 5.89 Å². The number of rotatable bonds is 7. The van der Waals surface area contributed by atoms with Crippen molar-refractivity contribution in [3.63, 3.8) is 0 Å². The second-order valence-electron chi connectivity index (χ2n) is 4.24. The Kier molecular flexibility index (Phi) is 6.10. The van der Waals surface area contributed by atoms with Gasteiger partial charge in [-0.05, 0) is 31.2 Å². The summed E-state index contributed by atoms with van der Waals surface area (Å²) in [6, 6.07) is 5.15. The fraction of sp³-hybridized carbons (Fsp3) is 0.286. The van der Waals surface area contributed by atoms with Crippen molar-refractivity contribution in [2.24, 2.45) is 0 Å². The number of halogens is 1. The highest BCUT2D eigenvalue weighted by Crippen LogP contribution is 2.16. The quantitative estimate of drug-likeness (QED) is 0.607. The molecule has 1 N–H and O–H groups in total. The first-order chi connectivity index (χ1) is 11.1. The van der Waals surface area contributed by atoms with E-state index in [0.29, 0.717) is 12.2 Å². The zero-order valence-corrected chi connectivity index (χ0v) is 13.1. The van der Waals surface area contributed by atoms with Crippen LogP contribution in [0, 0.1) is 5.82 Å². The van der Waals surface area contributed by atoms with Crippen LogP contribution in [-0.2, 0) is 16.1 Å². The number of aromatic nitrogens is 2. The van der Waals surface area contributed by atoms with Crippen molar-refractivity contribution in [1.82, 2.24) is 15.5 Å². The summed E-state index contributed by atoms with van der Waals surface area (Å²) >= 11 is 1.05. The average Bonchev–Trinajstić information content (AvgIpc) is 2.99. The van der Waals surface area contributed by atoms with Crippen molar-refractivity contribution in [2.45, 2.75) is 18.7 Å². The summed E-state index contributed by atoms with van der Waals surface area (Å²) in [4.78, 5) is 23.0. The van der Waals surface area contributed by atoms with E-state index >= 15 is 0 Å². The van der Waals surface area contributed by atoms with E-state index in [1.54, 1.807) is 6.92 Å². The molecule has 0 aliphatic heterocycles. The number of benzene rings is 1. The average molecular weight is 339 g/mol. The number of nitrogens with zero attached hydrogens (tertiary/aromatic N) is 2. The molecule has 0 saturated heterocycles. The number of ether oxygens (including phenoxy) is 1. The number of carbonyl (C=O) groups excluding carboxylic acids is 2. The molecule has 0 spiro atoms. The van der Waals surface area contributed by atoms with Crippen LogP contribution < -0.4 is 5.32 Å². The molecule has 2 rings (SSSR count). The van der Waals surface area contributed by atoms with E-state index in [1.165, 1.54) is 24.3 Å². The van der Waals surface area contributed by atoms with Gasteiger partial charge in [-0.1, -0.05) is 11.8 Å². The van der Waals surface area contributed by atoms with Crippen molar-refractivity contribution >= 4 is 23.6 Å². The van der Waals surface area contributed by atoms with E-state index in [-0.39, 0.29) is 35.3 Å². The van der Waals surface area contributed by atoms with E-state index in [0.717, 1.165) is 11.8 Å². The molecule has 1 heterocycles. The van der Waals surface area contributed by atoms with Crippen LogP contribution in [-0.4, -0.2) is 34.4 Å². The Hall–Kier alpha value is -2.42. The molecule has 1 aromatic carbocycles. The molecular weight excluding hydrogens is 325 g/mol. The third-order valence-corrected chi connectivity index (χ3v) is 3.37. The second kappa shape index (κ2) is 8.28. The Labute approximate surface area is 135 Å². The minimum Gasteiger partial charge on any atom is -0.465 e. The van der Waals surface area contributed by atoms with Gasteiger partial charge >= 0.3 is 5.97 Å². The molecule has 0 aliphatic carbocycles. The molecule has 2 aromatic rings. The molecule has 0 radical (unpaired) electrons. The summed E-state index contributed by atoms with van der Waals surface area (Å²) in [6.45, 7) is 2.06. The molecule has 23 heavy (non-hydrogen) atoms. The highest BCUT2D eigenvalue weighted by atomic mass is 32.2. The maximum Gasteiger partial charge on any atom is 0.316 e. The number of esters is 1. The molecule has 0 fully saturated rings. The lowest BCUT2D eigenvalue weighted by Gasteiger charge is -2.02. The fourth-order valence-electron chi connectivity index (χ4n) is 1.55. The van der Waals surface area contributed by atoms with E-state index in [1.807, 2.05) is 0 Å². The second-order valence-corrected chi connectivity index (χ2v) is 5.17. The summed E-state index contributed by atoms with van der Waals surface area (Å²) in [7, 11) is 0. The number of hydrogen-bond donors (Lipinski definition) is 1. The standard InChI is InChI=1S/C14H14FN3O4S/c1-2-21-12(19)8-23-14-18-17-11(22-14)7-16-13(20)9-3-5-10(15)6-4-9/h3-6H,2,7-8H2,1H3,(H,16,20). The summed E-state index contributed by atoms with van der Waals surface area (Å²) in [5, 5.41) is 10.3. The molecule has 122 valence electrons. The van der Waals surface area contributed by atoms with Crippen LogP contribution in [0.3, 0.4) is 0 Å². The van der Waals surface area contributed by atoms with Gasteiger partial charge < -0.3 is 14.5 Å². The first kappa shape index (κ1) is 16.9. The van der Waals surface area contributed by atoms with Crippen molar-refractivity contribution in [2.75, 3.05) is 12.4 Å². The first-order valence-corrected chi connectivity index (χ1v) is 7.71. The molecule has 0 bridgehead atoms. The van der Waals surface area contributed by atoms with Gasteiger partial charge in [0.25, 0.3) is 11.1 Å². The van der Waals surface area contributed by atoms with Crippen molar-refractivity contribution in [3.8, 4) is 0 Å². The van der Waals surface area contributed by atoms with E-state index in [9.17, 15) is 14.0 Å². The number of nitrogens with one attached hydrogen (secondary N) is 1. The van der Waals surface area contributed by atoms with Crippen LogP contribution in [0.2, 0.25) is 0 Å². The molecule has 0 saturated carbocycles. The summed E-state index contributed by atoms with van der Waals surface area (Å²) in [6.07, 6.45) is 0. The van der Waals surface area contributed by atoms with Crippen molar-refractivity contribution in [1.29, 1.82) is 0 Å². The number of thioether (sulfide) groups is 1. The smallest absolute Gasteiger partial charge is 0.316 e.